The predicted molar refractivity (Wildman–Crippen MR) is 112 cm³/mol. The molecule has 0 fully saturated rings. The molecule has 0 atom stereocenters. The summed E-state index contributed by atoms with van der Waals surface area (Å²) in [5, 5.41) is 6.87. The average molecular weight is 452 g/mol. The first-order valence-electron chi connectivity index (χ1n) is 10.3. The van der Waals surface area contributed by atoms with E-state index in [1.54, 1.807) is 27.1 Å². The molecule has 0 unspecified atom stereocenters. The van der Waals surface area contributed by atoms with Crippen LogP contribution in [0.5, 0.6) is 0 Å². The zero-order valence-corrected chi connectivity index (χ0v) is 17.5. The molecule has 11 heteroatoms. The van der Waals surface area contributed by atoms with E-state index in [4.69, 9.17) is 14.3 Å². The van der Waals surface area contributed by atoms with Crippen molar-refractivity contribution in [3.05, 3.63) is 53.2 Å². The molecular weight excluding hydrogens is 431 g/mol. The smallest absolute Gasteiger partial charge is 0.364 e. The molecule has 31 heavy (non-hydrogen) atoms. The fourth-order valence-electron chi connectivity index (χ4n) is 3.05. The maximum absolute atomic E-state index is 13.2. The van der Waals surface area contributed by atoms with Crippen LogP contribution < -0.4 is 5.32 Å². The zero-order valence-electron chi connectivity index (χ0n) is 18.7. The SMILES string of the molecule is [2H]C([2H])(Nc1nc(Cl)nc2cn(C)nc12)c1ccc(-c2nc(C(F)(F)F)cn2C(C)C)cc1. The molecule has 3 heterocycles. The van der Waals surface area contributed by atoms with Gasteiger partial charge in [0.2, 0.25) is 5.28 Å². The van der Waals surface area contributed by atoms with Gasteiger partial charge < -0.3 is 9.88 Å². The van der Waals surface area contributed by atoms with E-state index >= 15 is 0 Å². The van der Waals surface area contributed by atoms with E-state index in [-0.39, 0.29) is 28.5 Å². The molecule has 0 aliphatic carbocycles. The van der Waals surface area contributed by atoms with E-state index in [0.717, 1.165) is 6.20 Å². The quantitative estimate of drug-likeness (QED) is 0.428. The maximum atomic E-state index is 13.2. The Morgan fingerprint density at radius 1 is 1.13 bits per heavy atom. The van der Waals surface area contributed by atoms with E-state index in [1.807, 2.05) is 0 Å². The van der Waals surface area contributed by atoms with Crippen LogP contribution in [-0.2, 0) is 19.7 Å². The van der Waals surface area contributed by atoms with Crippen molar-refractivity contribution >= 4 is 28.5 Å². The molecule has 4 aromatic rings. The standard InChI is InChI=1S/C20H19ClF3N7/c1-11(2)31-10-15(20(22,23)24)27-18(31)13-6-4-12(5-7-13)8-25-17-16-14(9-30(3)29-16)26-19(21)28-17/h4-7,9-11H,8H2,1-3H3,(H,25,26,28)/i8D2. The van der Waals surface area contributed by atoms with Crippen molar-refractivity contribution in [2.75, 3.05) is 5.32 Å². The molecule has 0 bridgehead atoms. The second-order valence-electron chi connectivity index (χ2n) is 7.15. The van der Waals surface area contributed by atoms with Crippen LogP contribution in [0.3, 0.4) is 0 Å². The number of nitrogens with one attached hydrogen (secondary N) is 1. The number of aromatic nitrogens is 6. The highest BCUT2D eigenvalue weighted by Gasteiger charge is 2.35. The lowest BCUT2D eigenvalue weighted by Gasteiger charge is -2.12. The second-order valence-corrected chi connectivity index (χ2v) is 7.49. The van der Waals surface area contributed by atoms with Crippen LogP contribution in [0.4, 0.5) is 19.0 Å². The lowest BCUT2D eigenvalue weighted by molar-refractivity contribution is -0.140. The van der Waals surface area contributed by atoms with E-state index in [9.17, 15) is 13.2 Å². The van der Waals surface area contributed by atoms with Gasteiger partial charge in [-0.25, -0.2) is 9.97 Å². The van der Waals surface area contributed by atoms with Crippen molar-refractivity contribution < 1.29 is 15.9 Å². The molecule has 0 amide bonds. The topological polar surface area (TPSA) is 73.5 Å². The number of hydrogen-bond acceptors (Lipinski definition) is 5. The van der Waals surface area contributed by atoms with Crippen LogP contribution in [0.25, 0.3) is 22.4 Å². The molecule has 3 aromatic heterocycles. The first-order valence-corrected chi connectivity index (χ1v) is 9.65. The van der Waals surface area contributed by atoms with E-state index in [2.05, 4.69) is 25.4 Å². The van der Waals surface area contributed by atoms with Crippen LogP contribution in [0, 0.1) is 0 Å². The van der Waals surface area contributed by atoms with Crippen molar-refractivity contribution in [3.8, 4) is 11.4 Å². The number of rotatable bonds is 5. The Morgan fingerprint density at radius 3 is 2.48 bits per heavy atom. The van der Waals surface area contributed by atoms with Crippen LogP contribution in [0.15, 0.2) is 36.7 Å². The first kappa shape index (κ1) is 18.6. The highest BCUT2D eigenvalue weighted by molar-refractivity contribution is 6.28. The third-order valence-corrected chi connectivity index (χ3v) is 4.67. The first-order chi connectivity index (χ1) is 15.3. The second kappa shape index (κ2) is 7.84. The minimum Gasteiger partial charge on any atom is -0.364 e. The Labute approximate surface area is 183 Å². The summed E-state index contributed by atoms with van der Waals surface area (Å²) in [5.41, 5.74) is 0.472. The number of imidazole rings is 1. The van der Waals surface area contributed by atoms with Crippen molar-refractivity contribution in [2.24, 2.45) is 7.05 Å². The lowest BCUT2D eigenvalue weighted by Crippen LogP contribution is -2.05. The number of benzene rings is 1. The van der Waals surface area contributed by atoms with Crippen LogP contribution >= 0.6 is 11.6 Å². The molecule has 1 aromatic carbocycles. The van der Waals surface area contributed by atoms with Crippen molar-refractivity contribution in [1.82, 2.24) is 29.3 Å². The Bertz CT molecular complexity index is 1310. The van der Waals surface area contributed by atoms with Gasteiger partial charge >= 0.3 is 6.18 Å². The Hall–Kier alpha value is -3.14. The van der Waals surface area contributed by atoms with Gasteiger partial charge in [-0.15, -0.1) is 0 Å². The predicted octanol–water partition coefficient (Wildman–Crippen LogP) is 5.09. The van der Waals surface area contributed by atoms with Gasteiger partial charge in [0.15, 0.2) is 17.0 Å². The van der Waals surface area contributed by atoms with Gasteiger partial charge in [0.05, 0.1) is 8.94 Å². The van der Waals surface area contributed by atoms with Crippen LogP contribution in [0.2, 0.25) is 5.28 Å². The molecule has 0 saturated heterocycles. The minimum absolute atomic E-state index is 0.0647. The number of fused-ring (bicyclic) bond motifs is 1. The molecule has 0 saturated carbocycles. The van der Waals surface area contributed by atoms with E-state index in [0.29, 0.717) is 16.6 Å². The molecular formula is C20H19ClF3N7. The Morgan fingerprint density at radius 2 is 1.84 bits per heavy atom. The van der Waals surface area contributed by atoms with Gasteiger partial charge in [-0.3, -0.25) is 4.68 Å². The minimum atomic E-state index is -4.56. The zero-order chi connectivity index (χ0) is 24.1. The van der Waals surface area contributed by atoms with Crippen LogP contribution in [0.1, 0.15) is 33.9 Å². The fourth-order valence-corrected chi connectivity index (χ4v) is 3.23. The molecule has 0 aliphatic heterocycles. The third kappa shape index (κ3) is 4.34. The van der Waals surface area contributed by atoms with E-state index in [1.165, 1.54) is 33.5 Å². The van der Waals surface area contributed by atoms with Gasteiger partial charge in [0.1, 0.15) is 11.3 Å². The molecule has 0 radical (unpaired) electrons. The van der Waals surface area contributed by atoms with Gasteiger partial charge in [-0.2, -0.15) is 23.3 Å². The van der Waals surface area contributed by atoms with Crippen molar-refractivity contribution in [2.45, 2.75) is 32.6 Å². The number of halogens is 4. The summed E-state index contributed by atoms with van der Waals surface area (Å²) < 4.78 is 59.4. The molecule has 0 spiro atoms. The fraction of sp³-hybridized carbons (Fsp3) is 0.300. The highest BCUT2D eigenvalue weighted by Crippen LogP contribution is 2.32. The maximum Gasteiger partial charge on any atom is 0.434 e. The summed E-state index contributed by atoms with van der Waals surface area (Å²) in [6, 6.07) is 5.76. The van der Waals surface area contributed by atoms with E-state index < -0.39 is 18.4 Å². The summed E-state index contributed by atoms with van der Waals surface area (Å²) in [6.45, 7) is 1.42. The largest absolute Gasteiger partial charge is 0.434 e. The number of anilines is 1. The molecule has 4 rings (SSSR count). The Kier molecular flexibility index (Phi) is 4.71. The van der Waals surface area contributed by atoms with Gasteiger partial charge in [0.25, 0.3) is 0 Å². The number of aryl methyl sites for hydroxylation is 1. The average Bonchev–Trinajstić information content (AvgIpc) is 3.31. The van der Waals surface area contributed by atoms with Crippen molar-refractivity contribution in [1.29, 1.82) is 0 Å². The lowest BCUT2D eigenvalue weighted by atomic mass is 10.1. The highest BCUT2D eigenvalue weighted by atomic mass is 35.5. The summed E-state index contributed by atoms with van der Waals surface area (Å²) in [5.74, 6) is 0.264. The van der Waals surface area contributed by atoms with Gasteiger partial charge in [0, 0.05) is 31.3 Å². The number of nitrogens with zero attached hydrogens (tertiary/aromatic N) is 6. The molecule has 1 N–H and O–H groups in total. The molecule has 162 valence electrons. The third-order valence-electron chi connectivity index (χ3n) is 4.50. The normalized spacial score (nSPS) is 13.5. The number of alkyl halides is 3. The van der Waals surface area contributed by atoms with Gasteiger partial charge in [-0.1, -0.05) is 24.3 Å². The summed E-state index contributed by atoms with van der Waals surface area (Å²) in [7, 11) is 1.69. The summed E-state index contributed by atoms with van der Waals surface area (Å²) in [6.07, 6.45) is -1.96. The van der Waals surface area contributed by atoms with Crippen molar-refractivity contribution in [3.63, 3.8) is 0 Å². The molecule has 7 nitrogen and oxygen atoms in total. The molecule has 0 aliphatic rings. The van der Waals surface area contributed by atoms with Crippen LogP contribution in [-0.4, -0.2) is 29.3 Å². The summed E-state index contributed by atoms with van der Waals surface area (Å²) >= 11 is 5.96. The van der Waals surface area contributed by atoms with Gasteiger partial charge in [-0.05, 0) is 31.0 Å². The monoisotopic (exact) mass is 451 g/mol. The Balaban J connectivity index is 1.67. The summed E-state index contributed by atoms with van der Waals surface area (Å²) in [4.78, 5) is 11.9. The number of hydrogen-bond donors (Lipinski definition) is 1.